The minimum atomic E-state index is -3.46. The van der Waals surface area contributed by atoms with Gasteiger partial charge in [0.25, 0.3) is 0 Å². The van der Waals surface area contributed by atoms with Crippen LogP contribution in [0.4, 0.5) is 5.69 Å². The van der Waals surface area contributed by atoms with Crippen LogP contribution in [0, 0.1) is 0 Å². The largest absolute Gasteiger partial charge is 0.385 e. The van der Waals surface area contributed by atoms with Crippen molar-refractivity contribution >= 4 is 15.7 Å². The van der Waals surface area contributed by atoms with Gasteiger partial charge < -0.3 is 10.2 Å². The number of nitrogens with zero attached hydrogens (tertiary/aromatic N) is 1. The topological polar surface area (TPSA) is 61.4 Å². The summed E-state index contributed by atoms with van der Waals surface area (Å²) in [6, 6.07) is 5.21. The number of nitrogens with one attached hydrogen (secondary N) is 2. The van der Waals surface area contributed by atoms with Gasteiger partial charge in [0.2, 0.25) is 10.0 Å². The van der Waals surface area contributed by atoms with E-state index in [9.17, 15) is 8.42 Å². The van der Waals surface area contributed by atoms with Crippen molar-refractivity contribution in [1.29, 1.82) is 0 Å². The molecule has 0 spiro atoms. The third-order valence-electron chi connectivity index (χ3n) is 3.33. The summed E-state index contributed by atoms with van der Waals surface area (Å²) in [5.74, 6) is 0. The van der Waals surface area contributed by atoms with E-state index in [2.05, 4.69) is 10.0 Å². The number of hydrogen-bond donors (Lipinski definition) is 2. The Labute approximate surface area is 121 Å². The summed E-state index contributed by atoms with van der Waals surface area (Å²) in [6.45, 7) is 3.44. The maximum Gasteiger partial charge on any atom is 0.240 e. The average Bonchev–Trinajstić information content (AvgIpc) is 2.36. The Kier molecular flexibility index (Phi) is 4.67. The smallest absolute Gasteiger partial charge is 0.240 e. The number of benzene rings is 1. The van der Waals surface area contributed by atoms with Gasteiger partial charge in [0.05, 0.1) is 4.90 Å². The summed E-state index contributed by atoms with van der Waals surface area (Å²) >= 11 is 0. The van der Waals surface area contributed by atoms with E-state index in [-0.39, 0.29) is 6.04 Å². The second-order valence-electron chi connectivity index (χ2n) is 5.63. The second kappa shape index (κ2) is 6.11. The minimum absolute atomic E-state index is 0.126. The average molecular weight is 297 g/mol. The Hall–Kier alpha value is -1.11. The fourth-order valence-corrected chi connectivity index (χ4v) is 3.79. The number of likely N-dealkylation sites (N-methyl/N-ethyl adjacent to an activating group) is 1. The van der Waals surface area contributed by atoms with Crippen molar-refractivity contribution in [2.75, 3.05) is 32.5 Å². The molecule has 1 aromatic rings. The van der Waals surface area contributed by atoms with Gasteiger partial charge in [0.15, 0.2) is 0 Å². The molecular formula is C14H23N3O2S. The summed E-state index contributed by atoms with van der Waals surface area (Å²) in [5, 5.41) is 3.26. The number of anilines is 1. The molecule has 0 aromatic heterocycles. The molecule has 1 atom stereocenters. The van der Waals surface area contributed by atoms with Crippen molar-refractivity contribution in [2.24, 2.45) is 0 Å². The van der Waals surface area contributed by atoms with E-state index in [0.29, 0.717) is 11.4 Å². The molecule has 2 rings (SSSR count). The zero-order valence-electron chi connectivity index (χ0n) is 12.3. The van der Waals surface area contributed by atoms with E-state index in [4.69, 9.17) is 0 Å². The third kappa shape index (κ3) is 3.71. The van der Waals surface area contributed by atoms with Crippen molar-refractivity contribution in [3.05, 3.63) is 23.8 Å². The highest BCUT2D eigenvalue weighted by atomic mass is 32.2. The SMILES string of the molecule is CC(CN(C)C)NS(=O)(=O)c1ccc2c(c1)NCCC2. The standard InChI is InChI=1S/C14H23N3O2S/c1-11(10-17(2)3)16-20(18,19)13-7-6-12-5-4-8-15-14(12)9-13/h6-7,9,11,15-16H,4-5,8,10H2,1-3H3. The number of aryl methyl sites for hydroxylation is 1. The summed E-state index contributed by atoms with van der Waals surface area (Å²) in [6.07, 6.45) is 2.10. The molecule has 0 fully saturated rings. The summed E-state index contributed by atoms with van der Waals surface area (Å²) in [4.78, 5) is 2.29. The highest BCUT2D eigenvalue weighted by molar-refractivity contribution is 7.89. The molecule has 20 heavy (non-hydrogen) atoms. The van der Waals surface area contributed by atoms with Crippen LogP contribution in [0.3, 0.4) is 0 Å². The van der Waals surface area contributed by atoms with Gasteiger partial charge in [0.1, 0.15) is 0 Å². The zero-order valence-corrected chi connectivity index (χ0v) is 13.1. The van der Waals surface area contributed by atoms with Crippen LogP contribution in [0.25, 0.3) is 0 Å². The Morgan fingerprint density at radius 1 is 1.40 bits per heavy atom. The first-order chi connectivity index (χ1) is 9.38. The highest BCUT2D eigenvalue weighted by Crippen LogP contribution is 2.25. The van der Waals surface area contributed by atoms with Crippen LogP contribution >= 0.6 is 0 Å². The van der Waals surface area contributed by atoms with E-state index in [1.165, 1.54) is 5.56 Å². The Morgan fingerprint density at radius 2 is 2.15 bits per heavy atom. The second-order valence-corrected chi connectivity index (χ2v) is 7.35. The molecule has 2 N–H and O–H groups in total. The van der Waals surface area contributed by atoms with Gasteiger partial charge >= 0.3 is 0 Å². The Morgan fingerprint density at radius 3 is 2.85 bits per heavy atom. The molecule has 1 unspecified atom stereocenters. The lowest BCUT2D eigenvalue weighted by atomic mass is 10.0. The molecule has 5 nitrogen and oxygen atoms in total. The zero-order chi connectivity index (χ0) is 14.8. The molecule has 0 radical (unpaired) electrons. The van der Waals surface area contributed by atoms with E-state index >= 15 is 0 Å². The van der Waals surface area contributed by atoms with Gasteiger partial charge in [-0.1, -0.05) is 6.07 Å². The molecule has 112 valence electrons. The van der Waals surface area contributed by atoms with Crippen molar-refractivity contribution in [3.63, 3.8) is 0 Å². The monoisotopic (exact) mass is 297 g/mol. The van der Waals surface area contributed by atoms with Gasteiger partial charge in [-0.15, -0.1) is 0 Å². The van der Waals surface area contributed by atoms with Crippen molar-refractivity contribution < 1.29 is 8.42 Å². The van der Waals surface area contributed by atoms with Crippen LogP contribution in [-0.2, 0) is 16.4 Å². The van der Waals surface area contributed by atoms with Crippen LogP contribution < -0.4 is 10.0 Å². The molecular weight excluding hydrogens is 274 g/mol. The first kappa shape index (κ1) is 15.3. The lowest BCUT2D eigenvalue weighted by Gasteiger charge is -2.21. The molecule has 1 aliphatic heterocycles. The van der Waals surface area contributed by atoms with Gasteiger partial charge in [-0.3, -0.25) is 0 Å². The first-order valence-electron chi connectivity index (χ1n) is 6.92. The normalized spacial score (nSPS) is 16.6. The van der Waals surface area contributed by atoms with E-state index in [0.717, 1.165) is 25.1 Å². The number of hydrogen-bond acceptors (Lipinski definition) is 4. The molecule has 1 aliphatic rings. The molecule has 1 aromatic carbocycles. The van der Waals surface area contributed by atoms with Crippen LogP contribution in [0.15, 0.2) is 23.1 Å². The maximum absolute atomic E-state index is 12.4. The summed E-state index contributed by atoms with van der Waals surface area (Å²) in [7, 11) is 0.393. The molecule has 0 amide bonds. The van der Waals surface area contributed by atoms with Crippen LogP contribution in [0.2, 0.25) is 0 Å². The van der Waals surface area contributed by atoms with E-state index < -0.39 is 10.0 Å². The van der Waals surface area contributed by atoms with Crippen molar-refractivity contribution in [3.8, 4) is 0 Å². The van der Waals surface area contributed by atoms with E-state index in [1.54, 1.807) is 12.1 Å². The molecule has 6 heteroatoms. The highest BCUT2D eigenvalue weighted by Gasteiger charge is 2.20. The summed E-state index contributed by atoms with van der Waals surface area (Å²) < 4.78 is 27.4. The molecule has 0 aliphatic carbocycles. The predicted octanol–water partition coefficient (Wildman–Crippen LogP) is 1.27. The van der Waals surface area contributed by atoms with Crippen LogP contribution in [0.5, 0.6) is 0 Å². The molecule has 0 saturated carbocycles. The fourth-order valence-electron chi connectivity index (χ4n) is 2.53. The molecule has 0 bridgehead atoms. The number of fused-ring (bicyclic) bond motifs is 1. The number of sulfonamides is 1. The molecule has 1 heterocycles. The number of rotatable bonds is 5. The van der Waals surface area contributed by atoms with Gasteiger partial charge in [0, 0.05) is 24.8 Å². The lowest BCUT2D eigenvalue weighted by molar-refractivity contribution is 0.370. The molecule has 0 saturated heterocycles. The first-order valence-corrected chi connectivity index (χ1v) is 8.40. The van der Waals surface area contributed by atoms with Crippen molar-refractivity contribution in [1.82, 2.24) is 9.62 Å². The predicted molar refractivity (Wildman–Crippen MR) is 81.6 cm³/mol. The van der Waals surface area contributed by atoms with Gasteiger partial charge in [-0.25, -0.2) is 13.1 Å². The minimum Gasteiger partial charge on any atom is -0.385 e. The van der Waals surface area contributed by atoms with Gasteiger partial charge in [-0.2, -0.15) is 0 Å². The Balaban J connectivity index is 2.17. The lowest BCUT2D eigenvalue weighted by Crippen LogP contribution is -2.39. The summed E-state index contributed by atoms with van der Waals surface area (Å²) in [5.41, 5.74) is 2.14. The van der Waals surface area contributed by atoms with Gasteiger partial charge in [-0.05, 0) is 51.6 Å². The maximum atomic E-state index is 12.4. The fraction of sp³-hybridized carbons (Fsp3) is 0.571. The quantitative estimate of drug-likeness (QED) is 0.859. The van der Waals surface area contributed by atoms with Crippen LogP contribution in [-0.4, -0.2) is 46.5 Å². The Bertz CT molecular complexity index is 570. The van der Waals surface area contributed by atoms with E-state index in [1.807, 2.05) is 32.0 Å². The third-order valence-corrected chi connectivity index (χ3v) is 4.91. The van der Waals surface area contributed by atoms with Crippen LogP contribution in [0.1, 0.15) is 18.9 Å². The van der Waals surface area contributed by atoms with Crippen molar-refractivity contribution in [2.45, 2.75) is 30.7 Å².